The van der Waals surface area contributed by atoms with E-state index in [2.05, 4.69) is 0 Å². The van der Waals surface area contributed by atoms with Gasteiger partial charge in [0.1, 0.15) is 11.5 Å². The number of nitrogen functional groups attached to an aromatic ring is 1. The molecule has 132 valence electrons. The van der Waals surface area contributed by atoms with Crippen LogP contribution in [0.3, 0.4) is 0 Å². The predicted molar refractivity (Wildman–Crippen MR) is 102 cm³/mol. The van der Waals surface area contributed by atoms with Gasteiger partial charge >= 0.3 is 0 Å². The smallest absolute Gasteiger partial charge is 0.195 e. The van der Waals surface area contributed by atoms with Crippen LogP contribution >= 0.6 is 0 Å². The van der Waals surface area contributed by atoms with E-state index in [1.54, 1.807) is 33.5 Å². The second-order valence-corrected chi connectivity index (χ2v) is 6.30. The van der Waals surface area contributed by atoms with Gasteiger partial charge in [-0.2, -0.15) is 0 Å². The Labute approximate surface area is 151 Å². The molecule has 3 aromatic carbocycles. The molecule has 3 aromatic rings. The number of nitrogens with two attached hydrogens (primary N) is 1. The Bertz CT molecular complexity index is 1090. The molecule has 4 rings (SSSR count). The van der Waals surface area contributed by atoms with Crippen molar-refractivity contribution in [2.45, 2.75) is 6.92 Å². The summed E-state index contributed by atoms with van der Waals surface area (Å²) in [6.07, 6.45) is 0. The maximum atomic E-state index is 13.3. The van der Waals surface area contributed by atoms with E-state index in [4.69, 9.17) is 19.9 Å². The Balaban J connectivity index is 2.28. The van der Waals surface area contributed by atoms with Gasteiger partial charge in [0.05, 0.1) is 27.0 Å². The molecule has 0 aliphatic heterocycles. The summed E-state index contributed by atoms with van der Waals surface area (Å²) in [4.78, 5) is 13.3. The van der Waals surface area contributed by atoms with Crippen molar-refractivity contribution in [3.63, 3.8) is 0 Å². The average Bonchev–Trinajstić information content (AvgIpc) is 2.94. The fourth-order valence-electron chi connectivity index (χ4n) is 3.84. The molecule has 0 amide bonds. The number of fused-ring (bicyclic) bond motifs is 5. The molecule has 1 aliphatic rings. The van der Waals surface area contributed by atoms with E-state index in [1.807, 2.05) is 25.1 Å². The first-order valence-corrected chi connectivity index (χ1v) is 8.23. The van der Waals surface area contributed by atoms with E-state index in [9.17, 15) is 4.79 Å². The number of carbonyl (C=O) groups is 1. The van der Waals surface area contributed by atoms with E-state index < -0.39 is 0 Å². The molecule has 5 nitrogen and oxygen atoms in total. The lowest BCUT2D eigenvalue weighted by molar-refractivity contribution is 0.104. The molecule has 0 aromatic heterocycles. The lowest BCUT2D eigenvalue weighted by Crippen LogP contribution is -2.03. The maximum absolute atomic E-state index is 13.3. The van der Waals surface area contributed by atoms with Gasteiger partial charge in [0.15, 0.2) is 11.5 Å². The van der Waals surface area contributed by atoms with Crippen LogP contribution in [0, 0.1) is 6.92 Å². The van der Waals surface area contributed by atoms with Gasteiger partial charge < -0.3 is 19.9 Å². The standard InChI is InChI=1S/C21H19NO4/c1-10-8-12-16(14(9-10)25-3)17-18(21(26-4)19(12)22)15-11(20(17)23)6-5-7-13(15)24-2/h5-9H,22H2,1-4H3. The second kappa shape index (κ2) is 5.66. The van der Waals surface area contributed by atoms with Crippen LogP contribution in [0.5, 0.6) is 17.2 Å². The minimum Gasteiger partial charge on any atom is -0.496 e. The average molecular weight is 349 g/mol. The zero-order valence-electron chi connectivity index (χ0n) is 15.1. The van der Waals surface area contributed by atoms with Gasteiger partial charge in [-0.3, -0.25) is 4.79 Å². The zero-order valence-corrected chi connectivity index (χ0v) is 15.1. The molecule has 0 atom stereocenters. The summed E-state index contributed by atoms with van der Waals surface area (Å²) in [6.45, 7) is 1.96. The predicted octanol–water partition coefficient (Wildman–Crippen LogP) is 3.97. The van der Waals surface area contributed by atoms with Crippen molar-refractivity contribution in [2.75, 3.05) is 27.1 Å². The minimum atomic E-state index is -0.0839. The summed E-state index contributed by atoms with van der Waals surface area (Å²) in [6, 6.07) is 9.28. The largest absolute Gasteiger partial charge is 0.496 e. The molecule has 5 heteroatoms. The number of aryl methyl sites for hydroxylation is 1. The van der Waals surface area contributed by atoms with Crippen molar-refractivity contribution in [1.29, 1.82) is 0 Å². The first-order chi connectivity index (χ1) is 12.5. The van der Waals surface area contributed by atoms with Crippen LogP contribution in [0.4, 0.5) is 5.69 Å². The van der Waals surface area contributed by atoms with Gasteiger partial charge in [-0.1, -0.05) is 12.1 Å². The molecule has 0 bridgehead atoms. The molecular weight excluding hydrogens is 330 g/mol. The first-order valence-electron chi connectivity index (χ1n) is 8.23. The van der Waals surface area contributed by atoms with Gasteiger partial charge in [-0.15, -0.1) is 0 Å². The summed E-state index contributed by atoms with van der Waals surface area (Å²) in [7, 11) is 4.73. The fraction of sp³-hybridized carbons (Fsp3) is 0.190. The van der Waals surface area contributed by atoms with Crippen LogP contribution in [0.2, 0.25) is 0 Å². The Kier molecular flexibility index (Phi) is 3.54. The van der Waals surface area contributed by atoms with Crippen LogP contribution < -0.4 is 19.9 Å². The number of benzene rings is 3. The number of hydrogen-bond acceptors (Lipinski definition) is 5. The van der Waals surface area contributed by atoms with E-state index in [0.717, 1.165) is 10.9 Å². The van der Waals surface area contributed by atoms with Crippen molar-refractivity contribution in [1.82, 2.24) is 0 Å². The summed E-state index contributed by atoms with van der Waals surface area (Å²) in [5, 5.41) is 1.45. The Hall–Kier alpha value is -3.21. The number of carbonyl (C=O) groups excluding carboxylic acids is 1. The Morgan fingerprint density at radius 3 is 2.27 bits per heavy atom. The Morgan fingerprint density at radius 2 is 1.62 bits per heavy atom. The van der Waals surface area contributed by atoms with Crippen LogP contribution in [-0.4, -0.2) is 27.1 Å². The molecule has 0 heterocycles. The highest BCUT2D eigenvalue weighted by atomic mass is 16.5. The molecular formula is C21H19NO4. The summed E-state index contributed by atoms with van der Waals surface area (Å²) in [5.41, 5.74) is 10.4. The Morgan fingerprint density at radius 1 is 0.885 bits per heavy atom. The monoisotopic (exact) mass is 349 g/mol. The van der Waals surface area contributed by atoms with Gasteiger partial charge in [-0.25, -0.2) is 0 Å². The van der Waals surface area contributed by atoms with Crippen LogP contribution in [0.25, 0.3) is 21.9 Å². The van der Waals surface area contributed by atoms with Crippen molar-refractivity contribution < 1.29 is 19.0 Å². The number of ether oxygens (including phenoxy) is 3. The lowest BCUT2D eigenvalue weighted by Gasteiger charge is -2.18. The topological polar surface area (TPSA) is 70.8 Å². The molecule has 0 saturated heterocycles. The highest BCUT2D eigenvalue weighted by molar-refractivity contribution is 6.31. The highest BCUT2D eigenvalue weighted by Crippen LogP contribution is 2.54. The van der Waals surface area contributed by atoms with Gasteiger partial charge in [0.25, 0.3) is 0 Å². The van der Waals surface area contributed by atoms with Crippen molar-refractivity contribution >= 4 is 22.2 Å². The molecule has 0 radical (unpaired) electrons. The number of anilines is 1. The summed E-state index contributed by atoms with van der Waals surface area (Å²) >= 11 is 0. The number of rotatable bonds is 3. The molecule has 0 spiro atoms. The van der Waals surface area contributed by atoms with Crippen molar-refractivity contribution in [2.24, 2.45) is 0 Å². The summed E-state index contributed by atoms with van der Waals surface area (Å²) < 4.78 is 16.7. The fourth-order valence-corrected chi connectivity index (χ4v) is 3.84. The molecule has 0 saturated carbocycles. The molecule has 1 aliphatic carbocycles. The van der Waals surface area contributed by atoms with Crippen molar-refractivity contribution in [3.8, 4) is 28.4 Å². The molecule has 2 N–H and O–H groups in total. The zero-order chi connectivity index (χ0) is 18.6. The highest BCUT2D eigenvalue weighted by Gasteiger charge is 2.36. The minimum absolute atomic E-state index is 0.0839. The SMILES string of the molecule is COc1cccc2c1-c1c(OC)c(N)c3cc(C)cc(OC)c3c1C2=O. The van der Waals surface area contributed by atoms with Crippen LogP contribution in [0.1, 0.15) is 21.5 Å². The van der Waals surface area contributed by atoms with Crippen molar-refractivity contribution in [3.05, 3.63) is 47.0 Å². The van der Waals surface area contributed by atoms with E-state index >= 15 is 0 Å². The van der Waals surface area contributed by atoms with Crippen LogP contribution in [-0.2, 0) is 0 Å². The van der Waals surface area contributed by atoms with E-state index in [1.165, 1.54) is 0 Å². The second-order valence-electron chi connectivity index (χ2n) is 6.30. The third-order valence-corrected chi connectivity index (χ3v) is 4.90. The van der Waals surface area contributed by atoms with Gasteiger partial charge in [0, 0.05) is 33.0 Å². The maximum Gasteiger partial charge on any atom is 0.195 e. The summed E-state index contributed by atoms with van der Waals surface area (Å²) in [5.74, 6) is 1.62. The molecule has 0 fully saturated rings. The number of ketones is 1. The van der Waals surface area contributed by atoms with E-state index in [-0.39, 0.29) is 5.78 Å². The lowest BCUT2D eigenvalue weighted by atomic mass is 9.94. The van der Waals surface area contributed by atoms with Gasteiger partial charge in [-0.05, 0) is 30.7 Å². The number of methoxy groups -OCH3 is 3. The molecule has 26 heavy (non-hydrogen) atoms. The normalized spacial score (nSPS) is 12.1. The third kappa shape index (κ3) is 1.94. The van der Waals surface area contributed by atoms with Gasteiger partial charge in [0.2, 0.25) is 0 Å². The molecule has 0 unspecified atom stereocenters. The van der Waals surface area contributed by atoms with Crippen LogP contribution in [0.15, 0.2) is 30.3 Å². The van der Waals surface area contributed by atoms with E-state index in [0.29, 0.717) is 50.6 Å². The third-order valence-electron chi connectivity index (χ3n) is 4.90. The quantitative estimate of drug-likeness (QED) is 0.567. The number of hydrogen-bond donors (Lipinski definition) is 1. The first kappa shape index (κ1) is 16.3.